The fraction of sp³-hybridized carbons (Fsp3) is 0.684. The Balaban J connectivity index is 2.19. The fourth-order valence-corrected chi connectivity index (χ4v) is 3.03. The van der Waals surface area contributed by atoms with Gasteiger partial charge < -0.3 is 5.73 Å². The summed E-state index contributed by atoms with van der Waals surface area (Å²) in [7, 11) is 0. The smallest absolute Gasteiger partial charge is 0.128 e. The van der Waals surface area contributed by atoms with Crippen LogP contribution in [0.15, 0.2) is 24.3 Å². The van der Waals surface area contributed by atoms with Crippen LogP contribution >= 0.6 is 0 Å². The first-order valence-corrected chi connectivity index (χ1v) is 8.55. The maximum atomic E-state index is 4.03. The third-order valence-electron chi connectivity index (χ3n) is 4.33. The van der Waals surface area contributed by atoms with E-state index in [1.807, 2.05) is 0 Å². The van der Waals surface area contributed by atoms with Crippen LogP contribution in [0.1, 0.15) is 83.6 Å². The fourth-order valence-electron chi connectivity index (χ4n) is 3.03. The highest BCUT2D eigenvalue weighted by Crippen LogP contribution is 2.27. The lowest BCUT2D eigenvalue weighted by molar-refractivity contribution is -0.254. The number of benzene rings is 1. The minimum Gasteiger partial charge on any atom is -0.325 e. The van der Waals surface area contributed by atoms with Crippen molar-refractivity contribution >= 4 is 5.69 Å². The Morgan fingerprint density at radius 1 is 1.00 bits per heavy atom. The molecule has 1 rings (SSSR count). The molecule has 0 fully saturated rings. The Hall–Kier alpha value is -0.820. The second-order valence-electron chi connectivity index (χ2n) is 6.54. The molecule has 1 nitrogen and oxygen atoms in total. The highest BCUT2D eigenvalue weighted by atomic mass is 14.5. The molecule has 0 amide bonds. The van der Waals surface area contributed by atoms with Gasteiger partial charge in [0.2, 0.25) is 0 Å². The molecule has 0 saturated heterocycles. The van der Waals surface area contributed by atoms with Gasteiger partial charge in [-0.3, -0.25) is 0 Å². The molecular weight excluding hydrogens is 242 g/mol. The third kappa shape index (κ3) is 7.09. The Labute approximate surface area is 126 Å². The van der Waals surface area contributed by atoms with Crippen molar-refractivity contribution in [3.8, 4) is 0 Å². The molecule has 20 heavy (non-hydrogen) atoms. The molecule has 0 heterocycles. The van der Waals surface area contributed by atoms with Gasteiger partial charge in [-0.25, -0.2) is 0 Å². The number of rotatable bonds is 10. The minimum atomic E-state index is 0.659. The first kappa shape index (κ1) is 17.2. The van der Waals surface area contributed by atoms with E-state index in [4.69, 9.17) is 0 Å². The van der Waals surface area contributed by atoms with Gasteiger partial charge in [0.05, 0.1) is 0 Å². The van der Waals surface area contributed by atoms with Gasteiger partial charge in [-0.2, -0.15) is 0 Å². The maximum absolute atomic E-state index is 4.03. The average molecular weight is 276 g/mol. The van der Waals surface area contributed by atoms with Gasteiger partial charge >= 0.3 is 0 Å². The van der Waals surface area contributed by atoms with E-state index >= 15 is 0 Å². The number of quaternary nitrogens is 1. The Morgan fingerprint density at radius 2 is 1.70 bits per heavy atom. The summed E-state index contributed by atoms with van der Waals surface area (Å²) in [5.41, 5.74) is 6.62. The molecular formula is C19H34N+. The number of hydrogen-bond acceptors (Lipinski definition) is 0. The van der Waals surface area contributed by atoms with Crippen LogP contribution in [-0.4, -0.2) is 0 Å². The standard InChI is InChI=1S/C19H33N/c1-4-5-6-7-8-9-11-16(2)14-17(3)18-12-10-13-19(20)15-18/h10,12-13,15-17H,4-9,11,14,20H2,1-3H3/p+1. The molecule has 114 valence electrons. The van der Waals surface area contributed by atoms with E-state index in [0.29, 0.717) is 5.92 Å². The molecule has 0 aliphatic carbocycles. The van der Waals surface area contributed by atoms with Crippen LogP contribution in [0, 0.1) is 5.92 Å². The Bertz CT molecular complexity index is 359. The zero-order chi connectivity index (χ0) is 14.8. The predicted octanol–water partition coefficient (Wildman–Crippen LogP) is 5.44. The van der Waals surface area contributed by atoms with Crippen LogP contribution < -0.4 is 5.73 Å². The molecule has 1 aromatic carbocycles. The van der Waals surface area contributed by atoms with Crippen molar-refractivity contribution in [1.29, 1.82) is 0 Å². The SMILES string of the molecule is CCCCCCCCC(C)CC(C)c1cccc([NH3+])c1. The van der Waals surface area contributed by atoms with Crippen molar-refractivity contribution < 1.29 is 5.73 Å². The van der Waals surface area contributed by atoms with Crippen LogP contribution in [0.3, 0.4) is 0 Å². The van der Waals surface area contributed by atoms with Crippen LogP contribution in [0.2, 0.25) is 0 Å². The minimum absolute atomic E-state index is 0.659. The van der Waals surface area contributed by atoms with Gasteiger partial charge in [-0.15, -0.1) is 0 Å². The highest BCUT2D eigenvalue weighted by Gasteiger charge is 2.11. The molecule has 1 aromatic rings. The lowest BCUT2D eigenvalue weighted by atomic mass is 9.88. The van der Waals surface area contributed by atoms with Gasteiger partial charge in [-0.1, -0.05) is 77.8 Å². The largest absolute Gasteiger partial charge is 0.325 e. The monoisotopic (exact) mass is 276 g/mol. The first-order valence-electron chi connectivity index (χ1n) is 8.55. The Morgan fingerprint density at radius 3 is 2.40 bits per heavy atom. The van der Waals surface area contributed by atoms with Crippen molar-refractivity contribution in [2.24, 2.45) is 5.92 Å². The first-order chi connectivity index (χ1) is 9.63. The molecule has 0 saturated carbocycles. The number of hydrogen-bond donors (Lipinski definition) is 1. The quantitative estimate of drug-likeness (QED) is 0.551. The van der Waals surface area contributed by atoms with E-state index in [1.54, 1.807) is 0 Å². The van der Waals surface area contributed by atoms with E-state index in [2.05, 4.69) is 50.8 Å². The topological polar surface area (TPSA) is 27.6 Å². The van der Waals surface area contributed by atoms with E-state index < -0.39 is 0 Å². The summed E-state index contributed by atoms with van der Waals surface area (Å²) in [5, 5.41) is 0. The van der Waals surface area contributed by atoms with Gasteiger partial charge in [0.15, 0.2) is 0 Å². The van der Waals surface area contributed by atoms with Crippen molar-refractivity contribution in [2.45, 2.75) is 78.1 Å². The van der Waals surface area contributed by atoms with Crippen LogP contribution in [0.25, 0.3) is 0 Å². The third-order valence-corrected chi connectivity index (χ3v) is 4.33. The van der Waals surface area contributed by atoms with Gasteiger partial charge in [0.1, 0.15) is 5.69 Å². The van der Waals surface area contributed by atoms with Gasteiger partial charge in [0, 0.05) is 6.07 Å². The van der Waals surface area contributed by atoms with Crippen LogP contribution in [-0.2, 0) is 0 Å². The molecule has 1 heteroatoms. The van der Waals surface area contributed by atoms with E-state index in [1.165, 1.54) is 56.9 Å². The zero-order valence-electron chi connectivity index (χ0n) is 13.8. The molecule has 2 atom stereocenters. The molecule has 0 aromatic heterocycles. The summed E-state index contributed by atoms with van der Waals surface area (Å²) in [5.74, 6) is 1.50. The lowest BCUT2D eigenvalue weighted by Gasteiger charge is -2.17. The van der Waals surface area contributed by atoms with Crippen molar-refractivity contribution in [3.63, 3.8) is 0 Å². The number of unbranched alkanes of at least 4 members (excludes halogenated alkanes) is 5. The van der Waals surface area contributed by atoms with Crippen LogP contribution in [0.5, 0.6) is 0 Å². The summed E-state index contributed by atoms with van der Waals surface area (Å²) >= 11 is 0. The summed E-state index contributed by atoms with van der Waals surface area (Å²) < 4.78 is 0. The molecule has 0 spiro atoms. The molecule has 0 aliphatic rings. The summed E-state index contributed by atoms with van der Waals surface area (Å²) in [6, 6.07) is 8.70. The van der Waals surface area contributed by atoms with Crippen molar-refractivity contribution in [2.75, 3.05) is 0 Å². The Kier molecular flexibility index (Phi) is 8.60. The van der Waals surface area contributed by atoms with Crippen molar-refractivity contribution in [3.05, 3.63) is 29.8 Å². The van der Waals surface area contributed by atoms with Crippen molar-refractivity contribution in [1.82, 2.24) is 0 Å². The maximum Gasteiger partial charge on any atom is 0.128 e. The van der Waals surface area contributed by atoms with Gasteiger partial charge in [0.25, 0.3) is 0 Å². The summed E-state index contributed by atoms with van der Waals surface area (Å²) in [6.45, 7) is 7.05. The molecule has 0 aliphatic heterocycles. The lowest BCUT2D eigenvalue weighted by Crippen LogP contribution is -2.40. The molecule has 3 N–H and O–H groups in total. The summed E-state index contributed by atoms with van der Waals surface area (Å²) in [6.07, 6.45) is 11.1. The molecule has 0 radical (unpaired) electrons. The van der Waals surface area contributed by atoms with E-state index in [0.717, 1.165) is 11.6 Å². The van der Waals surface area contributed by atoms with E-state index in [-0.39, 0.29) is 0 Å². The zero-order valence-corrected chi connectivity index (χ0v) is 13.8. The predicted molar refractivity (Wildman–Crippen MR) is 89.2 cm³/mol. The molecule has 2 unspecified atom stereocenters. The second kappa shape index (κ2) is 9.99. The second-order valence-corrected chi connectivity index (χ2v) is 6.54. The van der Waals surface area contributed by atoms with Gasteiger partial charge in [-0.05, 0) is 29.9 Å². The summed E-state index contributed by atoms with van der Waals surface area (Å²) in [4.78, 5) is 0. The normalized spacial score (nSPS) is 14.2. The molecule has 0 bridgehead atoms. The highest BCUT2D eigenvalue weighted by molar-refractivity contribution is 5.34. The van der Waals surface area contributed by atoms with E-state index in [9.17, 15) is 0 Å². The van der Waals surface area contributed by atoms with Crippen LogP contribution in [0.4, 0.5) is 5.69 Å². The average Bonchev–Trinajstić information content (AvgIpc) is 2.42.